The average Bonchev–Trinajstić information content (AvgIpc) is 3.14. The number of benzene rings is 4. The summed E-state index contributed by atoms with van der Waals surface area (Å²) in [4.78, 5) is 31.6. The minimum absolute atomic E-state index is 0.0102. The molecule has 0 aliphatic heterocycles. The number of nitrogens with one attached hydrogen (secondary N) is 1. The highest BCUT2D eigenvalue weighted by Crippen LogP contribution is 2.34. The highest BCUT2D eigenvalue weighted by atomic mass is 35.5. The molecule has 4 aromatic carbocycles. The lowest BCUT2D eigenvalue weighted by atomic mass is 9.94. The van der Waals surface area contributed by atoms with Gasteiger partial charge in [0.05, 0.1) is 17.2 Å². The van der Waals surface area contributed by atoms with Gasteiger partial charge in [-0.05, 0) is 80.1 Å². The molecular formula is C39H43Cl2N3O5S2. The molecule has 12 heteroatoms. The normalized spacial score (nSPS) is 14.0. The van der Waals surface area contributed by atoms with Gasteiger partial charge in [-0.25, -0.2) is 8.42 Å². The first-order valence-corrected chi connectivity index (χ1v) is 20.5. The molecule has 4 aromatic rings. The molecular weight excluding hydrogens is 725 g/mol. The third-order valence-corrected chi connectivity index (χ3v) is 12.2. The second-order valence-corrected chi connectivity index (χ2v) is 15.9. The minimum Gasteiger partial charge on any atom is -0.492 e. The lowest BCUT2D eigenvalue weighted by Gasteiger charge is -2.35. The van der Waals surface area contributed by atoms with Gasteiger partial charge in [0.15, 0.2) is 0 Å². The Balaban J connectivity index is 1.62. The van der Waals surface area contributed by atoms with Gasteiger partial charge in [0.25, 0.3) is 10.0 Å². The molecule has 2 amide bonds. The van der Waals surface area contributed by atoms with Crippen LogP contribution < -0.4 is 14.4 Å². The first kappa shape index (κ1) is 38.5. The Bertz CT molecular complexity index is 1870. The number of anilines is 1. The zero-order valence-corrected chi connectivity index (χ0v) is 31.9. The predicted molar refractivity (Wildman–Crippen MR) is 206 cm³/mol. The van der Waals surface area contributed by atoms with Gasteiger partial charge in [-0.2, -0.15) is 0 Å². The van der Waals surface area contributed by atoms with Crippen LogP contribution in [-0.4, -0.2) is 56.6 Å². The summed E-state index contributed by atoms with van der Waals surface area (Å²) in [6.07, 6.45) is 6.93. The highest BCUT2D eigenvalue weighted by molar-refractivity contribution is 7.98. The summed E-state index contributed by atoms with van der Waals surface area (Å²) in [6.45, 7) is 1.33. The number of para-hydroxylation sites is 2. The molecule has 51 heavy (non-hydrogen) atoms. The standard InChI is InChI=1S/C39H43Cl2N3O5S2/c1-3-49-37-20-11-10-19-35(37)44(51(47,48)31-23-21-30(50-2)22-24-31)27-38(45)43(26-32-33(40)17-12-18-34(32)41)36(25-28-13-6-4-7-14-28)39(46)42-29-15-8-5-9-16-29/h4,6-7,10-14,17-24,29,36H,3,5,8-9,15-16,25-27H2,1-2H3,(H,42,46). The summed E-state index contributed by atoms with van der Waals surface area (Å²) in [5, 5.41) is 3.87. The van der Waals surface area contributed by atoms with Gasteiger partial charge in [0.2, 0.25) is 11.8 Å². The first-order valence-electron chi connectivity index (χ1n) is 17.1. The molecule has 1 atom stereocenters. The zero-order valence-electron chi connectivity index (χ0n) is 28.8. The van der Waals surface area contributed by atoms with Crippen LogP contribution in [0, 0.1) is 0 Å². The SMILES string of the molecule is CCOc1ccccc1N(CC(=O)N(Cc1c(Cl)cccc1Cl)C(Cc1ccccc1)C(=O)NC1CCCCC1)S(=O)(=O)c1ccc(SC)cc1. The van der Waals surface area contributed by atoms with Gasteiger partial charge >= 0.3 is 0 Å². The Morgan fingerprint density at radius 2 is 1.53 bits per heavy atom. The highest BCUT2D eigenvalue weighted by Gasteiger charge is 2.36. The quantitative estimate of drug-likeness (QED) is 0.122. The summed E-state index contributed by atoms with van der Waals surface area (Å²) in [5.74, 6) is -0.630. The number of amides is 2. The van der Waals surface area contributed by atoms with E-state index >= 15 is 0 Å². The fraction of sp³-hybridized carbons (Fsp3) is 0.333. The molecule has 0 saturated heterocycles. The monoisotopic (exact) mass is 767 g/mol. The van der Waals surface area contributed by atoms with Crippen LogP contribution in [0.25, 0.3) is 0 Å². The number of hydrogen-bond acceptors (Lipinski definition) is 6. The Kier molecular flexibility index (Phi) is 13.7. The number of rotatable bonds is 15. The van der Waals surface area contributed by atoms with Crippen LogP contribution in [0.1, 0.15) is 50.2 Å². The predicted octanol–water partition coefficient (Wildman–Crippen LogP) is 8.40. The van der Waals surface area contributed by atoms with Gasteiger partial charge in [0.1, 0.15) is 18.3 Å². The number of nitrogens with zero attached hydrogens (tertiary/aromatic N) is 2. The lowest BCUT2D eigenvalue weighted by molar-refractivity contribution is -0.140. The van der Waals surface area contributed by atoms with Gasteiger partial charge in [-0.1, -0.05) is 91.0 Å². The number of thioether (sulfide) groups is 1. The molecule has 0 aromatic heterocycles. The first-order chi connectivity index (χ1) is 24.6. The summed E-state index contributed by atoms with van der Waals surface area (Å²) < 4.78 is 36.0. The maximum Gasteiger partial charge on any atom is 0.264 e. The molecule has 1 aliphatic carbocycles. The van der Waals surface area contributed by atoms with Crippen molar-refractivity contribution in [3.8, 4) is 5.75 Å². The lowest BCUT2D eigenvalue weighted by Crippen LogP contribution is -2.55. The maximum atomic E-state index is 14.9. The number of hydrogen-bond donors (Lipinski definition) is 1. The van der Waals surface area contributed by atoms with Crippen LogP contribution in [-0.2, 0) is 32.6 Å². The summed E-state index contributed by atoms with van der Waals surface area (Å²) in [7, 11) is -4.32. The van der Waals surface area contributed by atoms with Gasteiger partial charge in [-0.3, -0.25) is 13.9 Å². The Morgan fingerprint density at radius 1 is 0.882 bits per heavy atom. The van der Waals surface area contributed by atoms with Crippen molar-refractivity contribution in [2.24, 2.45) is 0 Å². The third-order valence-electron chi connectivity index (χ3n) is 8.97. The van der Waals surface area contributed by atoms with Crippen LogP contribution >= 0.6 is 35.0 Å². The number of ether oxygens (including phenoxy) is 1. The largest absolute Gasteiger partial charge is 0.492 e. The molecule has 1 saturated carbocycles. The average molecular weight is 769 g/mol. The number of halogens is 2. The zero-order chi connectivity index (χ0) is 36.4. The van der Waals surface area contributed by atoms with E-state index in [0.717, 1.165) is 46.9 Å². The van der Waals surface area contributed by atoms with Gasteiger partial charge in [0, 0.05) is 39.5 Å². The topological polar surface area (TPSA) is 96.0 Å². The molecule has 0 spiro atoms. The van der Waals surface area contributed by atoms with Crippen molar-refractivity contribution < 1.29 is 22.7 Å². The van der Waals surface area contributed by atoms with Crippen molar-refractivity contribution in [3.05, 3.63) is 118 Å². The fourth-order valence-corrected chi connectivity index (χ4v) is 8.63. The second kappa shape index (κ2) is 18.2. The second-order valence-electron chi connectivity index (χ2n) is 12.4. The van der Waals surface area contributed by atoms with E-state index in [1.54, 1.807) is 61.5 Å². The fourth-order valence-electron chi connectivity index (χ4n) is 6.28. The molecule has 8 nitrogen and oxygen atoms in total. The Morgan fingerprint density at radius 3 is 2.18 bits per heavy atom. The van der Waals surface area contributed by atoms with Gasteiger partial charge < -0.3 is 15.0 Å². The van der Waals surface area contributed by atoms with E-state index in [-0.39, 0.29) is 42.1 Å². The molecule has 0 radical (unpaired) electrons. The van der Waals surface area contributed by atoms with E-state index in [1.165, 1.54) is 28.8 Å². The van der Waals surface area contributed by atoms with Crippen molar-refractivity contribution in [1.82, 2.24) is 10.2 Å². The van der Waals surface area contributed by atoms with Crippen molar-refractivity contribution in [2.75, 3.05) is 23.7 Å². The molecule has 1 fully saturated rings. The van der Waals surface area contributed by atoms with Crippen LogP contribution in [0.3, 0.4) is 0 Å². The van der Waals surface area contributed by atoms with E-state index in [2.05, 4.69) is 5.32 Å². The number of carbonyl (C=O) groups excluding carboxylic acids is 2. The van der Waals surface area contributed by atoms with E-state index < -0.39 is 28.5 Å². The van der Waals surface area contributed by atoms with Crippen molar-refractivity contribution in [1.29, 1.82) is 0 Å². The van der Waals surface area contributed by atoms with E-state index in [9.17, 15) is 18.0 Å². The van der Waals surface area contributed by atoms with Crippen LogP contribution in [0.15, 0.2) is 107 Å². The Labute approximate surface area is 315 Å². The van der Waals surface area contributed by atoms with E-state index in [1.807, 2.05) is 36.6 Å². The van der Waals surface area contributed by atoms with Crippen molar-refractivity contribution in [3.63, 3.8) is 0 Å². The third kappa shape index (κ3) is 9.80. The molecule has 1 N–H and O–H groups in total. The van der Waals surface area contributed by atoms with Crippen molar-refractivity contribution >= 4 is 62.5 Å². The Hall–Kier alpha value is -3.70. The van der Waals surface area contributed by atoms with Crippen LogP contribution in [0.4, 0.5) is 5.69 Å². The molecule has 270 valence electrons. The minimum atomic E-state index is -4.32. The molecule has 5 rings (SSSR count). The van der Waals surface area contributed by atoms with Crippen LogP contribution in [0.5, 0.6) is 5.75 Å². The molecule has 1 aliphatic rings. The number of carbonyl (C=O) groups is 2. The van der Waals surface area contributed by atoms with Crippen LogP contribution in [0.2, 0.25) is 10.0 Å². The molecule has 1 unspecified atom stereocenters. The van der Waals surface area contributed by atoms with Gasteiger partial charge in [-0.15, -0.1) is 11.8 Å². The summed E-state index contributed by atoms with van der Waals surface area (Å²) in [6, 6.07) is 26.7. The molecule has 0 bridgehead atoms. The van der Waals surface area contributed by atoms with E-state index in [0.29, 0.717) is 21.4 Å². The molecule has 0 heterocycles. The summed E-state index contributed by atoms with van der Waals surface area (Å²) in [5.41, 5.74) is 1.49. The maximum absolute atomic E-state index is 14.9. The smallest absolute Gasteiger partial charge is 0.264 e. The van der Waals surface area contributed by atoms with Crippen molar-refractivity contribution in [2.45, 2.75) is 73.9 Å². The number of sulfonamides is 1. The summed E-state index contributed by atoms with van der Waals surface area (Å²) >= 11 is 14.8. The van der Waals surface area contributed by atoms with E-state index in [4.69, 9.17) is 27.9 Å².